The monoisotopic (exact) mass is 210 g/mol. The van der Waals surface area contributed by atoms with E-state index in [1.165, 1.54) is 0 Å². The number of aromatic carboxylic acids is 1. The predicted molar refractivity (Wildman–Crippen MR) is 51.7 cm³/mol. The molecule has 0 radical (unpaired) electrons. The molecule has 1 N–H and O–H groups in total. The van der Waals surface area contributed by atoms with Gasteiger partial charge in [0.25, 0.3) is 0 Å². The minimum atomic E-state index is -1.05. The highest BCUT2D eigenvalue weighted by Gasteiger charge is 2.16. The van der Waals surface area contributed by atoms with Crippen molar-refractivity contribution >= 4 is 23.2 Å². The SMILES string of the molecule is O=C(O)c1nc2ccccn2c1CCl. The summed E-state index contributed by atoms with van der Waals surface area (Å²) in [6.07, 6.45) is 1.74. The van der Waals surface area contributed by atoms with E-state index in [9.17, 15) is 4.79 Å². The standard InChI is InChI=1S/C9H7ClN2O2/c10-5-6-8(9(13)14)11-7-3-1-2-4-12(6)7/h1-4H,5H2,(H,13,14). The number of alkyl halides is 1. The molecular weight excluding hydrogens is 204 g/mol. The van der Waals surface area contributed by atoms with Crippen molar-refractivity contribution in [2.24, 2.45) is 0 Å². The van der Waals surface area contributed by atoms with Gasteiger partial charge in [0.15, 0.2) is 5.69 Å². The molecular formula is C9H7ClN2O2. The second kappa shape index (κ2) is 3.31. The molecule has 4 nitrogen and oxygen atoms in total. The third kappa shape index (κ3) is 1.24. The molecule has 0 bridgehead atoms. The van der Waals surface area contributed by atoms with Crippen LogP contribution in [0.2, 0.25) is 0 Å². The van der Waals surface area contributed by atoms with Crippen LogP contribution in [0.5, 0.6) is 0 Å². The van der Waals surface area contributed by atoms with Gasteiger partial charge < -0.3 is 9.51 Å². The second-order valence-electron chi connectivity index (χ2n) is 2.77. The molecule has 0 spiro atoms. The summed E-state index contributed by atoms with van der Waals surface area (Å²) < 4.78 is 1.68. The lowest BCUT2D eigenvalue weighted by Gasteiger charge is -1.96. The van der Waals surface area contributed by atoms with Gasteiger partial charge in [0, 0.05) is 6.20 Å². The molecule has 0 aromatic carbocycles. The highest BCUT2D eigenvalue weighted by atomic mass is 35.5. The molecule has 2 aromatic heterocycles. The van der Waals surface area contributed by atoms with E-state index in [1.807, 2.05) is 0 Å². The van der Waals surface area contributed by atoms with Crippen molar-refractivity contribution in [3.63, 3.8) is 0 Å². The smallest absolute Gasteiger partial charge is 0.356 e. The zero-order valence-corrected chi connectivity index (χ0v) is 7.90. The Morgan fingerprint density at radius 2 is 2.36 bits per heavy atom. The molecule has 0 unspecified atom stereocenters. The zero-order valence-electron chi connectivity index (χ0n) is 7.14. The number of halogens is 1. The Hall–Kier alpha value is -1.55. The normalized spacial score (nSPS) is 10.6. The van der Waals surface area contributed by atoms with E-state index >= 15 is 0 Å². The van der Waals surface area contributed by atoms with E-state index in [1.54, 1.807) is 28.8 Å². The zero-order chi connectivity index (χ0) is 10.1. The Labute approximate surface area is 84.8 Å². The number of imidazole rings is 1. The maximum absolute atomic E-state index is 10.8. The molecule has 2 rings (SSSR count). The van der Waals surface area contributed by atoms with Crippen LogP contribution in [0.3, 0.4) is 0 Å². The van der Waals surface area contributed by atoms with Gasteiger partial charge in [-0.15, -0.1) is 11.6 Å². The molecule has 2 aromatic rings. The lowest BCUT2D eigenvalue weighted by Crippen LogP contribution is -2.01. The number of carboxylic acid groups (broad SMARTS) is 1. The van der Waals surface area contributed by atoms with Crippen molar-refractivity contribution in [3.8, 4) is 0 Å². The van der Waals surface area contributed by atoms with Crippen molar-refractivity contribution in [2.75, 3.05) is 0 Å². The van der Waals surface area contributed by atoms with Gasteiger partial charge in [0.2, 0.25) is 0 Å². The maximum Gasteiger partial charge on any atom is 0.356 e. The van der Waals surface area contributed by atoms with Crippen molar-refractivity contribution in [1.82, 2.24) is 9.38 Å². The largest absolute Gasteiger partial charge is 0.476 e. The molecule has 0 saturated carbocycles. The lowest BCUT2D eigenvalue weighted by atomic mass is 10.3. The Balaban J connectivity index is 2.78. The number of aromatic nitrogens is 2. The lowest BCUT2D eigenvalue weighted by molar-refractivity contribution is 0.0690. The number of nitrogens with zero attached hydrogens (tertiary/aromatic N) is 2. The van der Waals surface area contributed by atoms with Crippen LogP contribution in [-0.4, -0.2) is 20.5 Å². The number of hydrogen-bond donors (Lipinski definition) is 1. The molecule has 72 valence electrons. The van der Waals surface area contributed by atoms with Crippen LogP contribution in [0.4, 0.5) is 0 Å². The van der Waals surface area contributed by atoms with Crippen LogP contribution in [0.15, 0.2) is 24.4 Å². The van der Waals surface area contributed by atoms with Gasteiger partial charge in [0.05, 0.1) is 11.6 Å². The summed E-state index contributed by atoms with van der Waals surface area (Å²) in [5.74, 6) is -0.920. The van der Waals surface area contributed by atoms with Gasteiger partial charge >= 0.3 is 5.97 Å². The maximum atomic E-state index is 10.8. The first-order valence-electron chi connectivity index (χ1n) is 3.99. The van der Waals surface area contributed by atoms with Crippen molar-refractivity contribution < 1.29 is 9.90 Å². The molecule has 0 saturated heterocycles. The average molecular weight is 211 g/mol. The van der Waals surface area contributed by atoms with E-state index in [2.05, 4.69) is 4.98 Å². The van der Waals surface area contributed by atoms with Crippen LogP contribution in [0.25, 0.3) is 5.65 Å². The molecule has 2 heterocycles. The molecule has 0 aliphatic rings. The van der Waals surface area contributed by atoms with Crippen molar-refractivity contribution in [1.29, 1.82) is 0 Å². The van der Waals surface area contributed by atoms with Crippen molar-refractivity contribution in [2.45, 2.75) is 5.88 Å². The summed E-state index contributed by atoms with van der Waals surface area (Å²) in [6.45, 7) is 0. The minimum absolute atomic E-state index is 0.0196. The number of rotatable bonds is 2. The van der Waals surface area contributed by atoms with Gasteiger partial charge in [-0.25, -0.2) is 9.78 Å². The first kappa shape index (κ1) is 9.02. The molecule has 0 atom stereocenters. The van der Waals surface area contributed by atoms with Gasteiger partial charge in [-0.2, -0.15) is 0 Å². The minimum Gasteiger partial charge on any atom is -0.476 e. The molecule has 14 heavy (non-hydrogen) atoms. The number of pyridine rings is 1. The summed E-state index contributed by atoms with van der Waals surface area (Å²) in [5, 5.41) is 8.86. The summed E-state index contributed by atoms with van der Waals surface area (Å²) in [7, 11) is 0. The first-order chi connectivity index (χ1) is 6.74. The van der Waals surface area contributed by atoms with E-state index in [0.717, 1.165) is 0 Å². The molecule has 0 fully saturated rings. The molecule has 0 aliphatic heterocycles. The average Bonchev–Trinajstić information content (AvgIpc) is 2.56. The van der Waals surface area contributed by atoms with Crippen LogP contribution in [0, 0.1) is 0 Å². The fourth-order valence-electron chi connectivity index (χ4n) is 1.35. The van der Waals surface area contributed by atoms with E-state index in [0.29, 0.717) is 11.3 Å². The summed E-state index contributed by atoms with van der Waals surface area (Å²) in [4.78, 5) is 14.8. The summed E-state index contributed by atoms with van der Waals surface area (Å²) >= 11 is 5.67. The van der Waals surface area contributed by atoms with Crippen LogP contribution in [-0.2, 0) is 5.88 Å². The fraction of sp³-hybridized carbons (Fsp3) is 0.111. The number of fused-ring (bicyclic) bond motifs is 1. The predicted octanol–water partition coefficient (Wildman–Crippen LogP) is 1.77. The highest BCUT2D eigenvalue weighted by Crippen LogP contribution is 2.14. The Bertz CT molecular complexity index is 493. The van der Waals surface area contributed by atoms with E-state index < -0.39 is 5.97 Å². The fourth-order valence-corrected chi connectivity index (χ4v) is 1.60. The van der Waals surface area contributed by atoms with Gasteiger partial charge in [-0.05, 0) is 12.1 Å². The van der Waals surface area contributed by atoms with Gasteiger partial charge in [0.1, 0.15) is 5.65 Å². The molecule has 0 aliphatic carbocycles. The van der Waals surface area contributed by atoms with Crippen LogP contribution in [0.1, 0.15) is 16.2 Å². The van der Waals surface area contributed by atoms with Crippen LogP contribution < -0.4 is 0 Å². The molecule has 5 heteroatoms. The Morgan fingerprint density at radius 3 is 3.00 bits per heavy atom. The first-order valence-corrected chi connectivity index (χ1v) is 4.52. The number of carbonyl (C=O) groups is 1. The number of carboxylic acids is 1. The Morgan fingerprint density at radius 1 is 1.57 bits per heavy atom. The third-order valence-electron chi connectivity index (χ3n) is 1.96. The molecule has 0 amide bonds. The highest BCUT2D eigenvalue weighted by molar-refractivity contribution is 6.17. The van der Waals surface area contributed by atoms with Gasteiger partial charge in [-0.3, -0.25) is 0 Å². The Kier molecular flexibility index (Phi) is 2.13. The van der Waals surface area contributed by atoms with Crippen LogP contribution >= 0.6 is 11.6 Å². The third-order valence-corrected chi connectivity index (χ3v) is 2.21. The van der Waals surface area contributed by atoms with E-state index in [4.69, 9.17) is 16.7 Å². The van der Waals surface area contributed by atoms with Crippen molar-refractivity contribution in [3.05, 3.63) is 35.8 Å². The quantitative estimate of drug-likeness (QED) is 0.769. The number of hydrogen-bond acceptors (Lipinski definition) is 2. The topological polar surface area (TPSA) is 54.6 Å². The second-order valence-corrected chi connectivity index (χ2v) is 3.04. The summed E-state index contributed by atoms with van der Waals surface area (Å²) in [5.41, 5.74) is 1.13. The summed E-state index contributed by atoms with van der Waals surface area (Å²) in [6, 6.07) is 5.34. The van der Waals surface area contributed by atoms with Gasteiger partial charge in [-0.1, -0.05) is 6.07 Å². The van der Waals surface area contributed by atoms with E-state index in [-0.39, 0.29) is 11.6 Å².